The third-order valence-corrected chi connectivity index (χ3v) is 3.04. The molecule has 3 nitrogen and oxygen atoms in total. The Hall–Kier alpha value is -1.64. The van der Waals surface area contributed by atoms with E-state index in [0.29, 0.717) is 0 Å². The molecule has 0 unspecified atom stereocenters. The average molecular weight is 330 g/mol. The average Bonchev–Trinajstić information content (AvgIpc) is 2.37. The van der Waals surface area contributed by atoms with Crippen molar-refractivity contribution >= 4 is 5.78 Å². The summed E-state index contributed by atoms with van der Waals surface area (Å²) in [5.41, 5.74) is -5.00. The molecule has 0 aliphatic heterocycles. The number of alkyl halides is 6. The molecule has 22 heavy (non-hydrogen) atoms. The number of halogens is 6. The minimum atomic E-state index is -5.96. The minimum absolute atomic E-state index is 0.0688. The Balaban J connectivity index is 2.62. The van der Waals surface area contributed by atoms with E-state index in [2.05, 4.69) is 0 Å². The Kier molecular flexibility index (Phi) is 5.55. The van der Waals surface area contributed by atoms with Gasteiger partial charge in [0, 0.05) is 25.0 Å². The van der Waals surface area contributed by atoms with Crippen LogP contribution < -0.4 is 4.57 Å². The van der Waals surface area contributed by atoms with E-state index in [1.807, 2.05) is 0 Å². The standard InChI is InChI=1S/C13H14F6NO2/c14-12(15,16)11(22,13(17,18)19)9-10(21)5-4-8-20-6-2-1-3-7-20/h1-3,6-7,22H,4-5,8-9H2/q+1. The lowest BCUT2D eigenvalue weighted by atomic mass is 9.93. The smallest absolute Gasteiger partial charge is 0.373 e. The molecule has 0 spiro atoms. The first-order chi connectivity index (χ1) is 9.97. The fourth-order valence-corrected chi connectivity index (χ4v) is 1.78. The number of hydrogen-bond acceptors (Lipinski definition) is 2. The molecule has 1 aromatic heterocycles. The van der Waals surface area contributed by atoms with Crippen molar-refractivity contribution in [1.82, 2.24) is 0 Å². The van der Waals surface area contributed by atoms with Crippen molar-refractivity contribution in [3.8, 4) is 0 Å². The predicted octanol–water partition coefficient (Wildman–Crippen LogP) is 2.57. The van der Waals surface area contributed by atoms with Crippen LogP contribution in [0.15, 0.2) is 30.6 Å². The van der Waals surface area contributed by atoms with Crippen LogP contribution in [-0.4, -0.2) is 28.8 Å². The number of ketones is 1. The Morgan fingerprint density at radius 3 is 1.91 bits per heavy atom. The highest BCUT2D eigenvalue weighted by atomic mass is 19.4. The zero-order valence-corrected chi connectivity index (χ0v) is 11.3. The molecule has 0 aliphatic carbocycles. The van der Waals surface area contributed by atoms with E-state index in [1.165, 1.54) is 0 Å². The third-order valence-electron chi connectivity index (χ3n) is 3.04. The molecule has 0 aromatic carbocycles. The van der Waals surface area contributed by atoms with Crippen LogP contribution >= 0.6 is 0 Å². The lowest BCUT2D eigenvalue weighted by molar-refractivity contribution is -0.697. The van der Waals surface area contributed by atoms with Crippen LogP contribution in [0.1, 0.15) is 19.3 Å². The molecule has 9 heteroatoms. The number of hydrogen-bond donors (Lipinski definition) is 1. The molecule has 0 fully saturated rings. The number of Topliss-reactive ketones (excluding diaryl/α,β-unsaturated/α-hetero) is 1. The van der Waals surface area contributed by atoms with Crippen LogP contribution in [0.25, 0.3) is 0 Å². The first-order valence-corrected chi connectivity index (χ1v) is 6.29. The fraction of sp³-hybridized carbons (Fsp3) is 0.538. The van der Waals surface area contributed by atoms with Crippen LogP contribution in [0.5, 0.6) is 0 Å². The van der Waals surface area contributed by atoms with Gasteiger partial charge in [0.1, 0.15) is 12.3 Å². The van der Waals surface area contributed by atoms with Crippen LogP contribution in [0, 0.1) is 0 Å². The summed E-state index contributed by atoms with van der Waals surface area (Å²) < 4.78 is 76.2. The van der Waals surface area contributed by atoms with Crippen molar-refractivity contribution < 1.29 is 40.8 Å². The summed E-state index contributed by atoms with van der Waals surface area (Å²) in [7, 11) is 0. The molecule has 1 N–H and O–H groups in total. The number of carbonyl (C=O) groups excluding carboxylic acids is 1. The quantitative estimate of drug-likeness (QED) is 0.643. The second-order valence-corrected chi connectivity index (χ2v) is 4.79. The number of aliphatic hydroxyl groups is 1. The molecule has 0 radical (unpaired) electrons. The summed E-state index contributed by atoms with van der Waals surface area (Å²) in [5.74, 6) is -1.30. The van der Waals surface area contributed by atoms with Gasteiger partial charge in [0.05, 0.1) is 6.42 Å². The van der Waals surface area contributed by atoms with E-state index in [-0.39, 0.29) is 13.0 Å². The van der Waals surface area contributed by atoms with Crippen molar-refractivity contribution in [1.29, 1.82) is 0 Å². The van der Waals surface area contributed by atoms with Gasteiger partial charge in [-0.2, -0.15) is 26.3 Å². The van der Waals surface area contributed by atoms with Crippen molar-refractivity contribution in [2.75, 3.05) is 0 Å². The summed E-state index contributed by atoms with van der Waals surface area (Å²) in [6.07, 6.45) is -11.1. The number of carbonyl (C=O) groups is 1. The van der Waals surface area contributed by atoms with E-state index in [0.717, 1.165) is 0 Å². The normalized spacial score (nSPS) is 13.2. The summed E-state index contributed by atoms with van der Waals surface area (Å²) in [6.45, 7) is 0.267. The van der Waals surface area contributed by atoms with Gasteiger partial charge in [0.15, 0.2) is 12.4 Å². The second-order valence-electron chi connectivity index (χ2n) is 4.79. The summed E-state index contributed by atoms with van der Waals surface area (Å²) >= 11 is 0. The molecule has 0 aliphatic rings. The van der Waals surface area contributed by atoms with Gasteiger partial charge >= 0.3 is 12.4 Å². The number of pyridine rings is 1. The van der Waals surface area contributed by atoms with E-state index < -0.39 is 36.6 Å². The number of aromatic nitrogens is 1. The summed E-state index contributed by atoms with van der Waals surface area (Å²) in [6, 6.07) is 5.11. The van der Waals surface area contributed by atoms with Crippen LogP contribution in [0.2, 0.25) is 0 Å². The molecule has 0 saturated heterocycles. The molecular weight excluding hydrogens is 316 g/mol. The highest BCUT2D eigenvalue weighted by Gasteiger charge is 2.70. The van der Waals surface area contributed by atoms with Gasteiger partial charge in [-0.3, -0.25) is 4.79 Å². The molecule has 124 valence electrons. The highest BCUT2D eigenvalue weighted by molar-refractivity contribution is 5.79. The lowest BCUT2D eigenvalue weighted by Crippen LogP contribution is -2.57. The fourth-order valence-electron chi connectivity index (χ4n) is 1.78. The third kappa shape index (κ3) is 4.43. The first-order valence-electron chi connectivity index (χ1n) is 6.29. The van der Waals surface area contributed by atoms with Gasteiger partial charge in [-0.25, -0.2) is 4.57 Å². The van der Waals surface area contributed by atoms with Crippen LogP contribution in [0.4, 0.5) is 26.3 Å². The van der Waals surface area contributed by atoms with Gasteiger partial charge in [0.2, 0.25) is 0 Å². The molecule has 0 amide bonds. The van der Waals surface area contributed by atoms with Crippen LogP contribution in [-0.2, 0) is 11.3 Å². The first kappa shape index (κ1) is 18.4. The van der Waals surface area contributed by atoms with E-state index in [4.69, 9.17) is 5.11 Å². The van der Waals surface area contributed by atoms with Crippen molar-refractivity contribution in [3.05, 3.63) is 30.6 Å². The maximum absolute atomic E-state index is 12.4. The molecule has 0 atom stereocenters. The van der Waals surface area contributed by atoms with Crippen molar-refractivity contribution in [3.63, 3.8) is 0 Å². The zero-order chi connectivity index (χ0) is 17.0. The van der Waals surface area contributed by atoms with Gasteiger partial charge in [-0.05, 0) is 0 Å². The predicted molar refractivity (Wildman–Crippen MR) is 62.6 cm³/mol. The van der Waals surface area contributed by atoms with Crippen molar-refractivity contribution in [2.24, 2.45) is 0 Å². The number of nitrogens with zero attached hydrogens (tertiary/aromatic N) is 1. The monoisotopic (exact) mass is 330 g/mol. The number of aryl methyl sites for hydroxylation is 1. The van der Waals surface area contributed by atoms with Crippen LogP contribution in [0.3, 0.4) is 0 Å². The second kappa shape index (κ2) is 6.64. The van der Waals surface area contributed by atoms with E-state index in [1.54, 1.807) is 35.2 Å². The van der Waals surface area contributed by atoms with Gasteiger partial charge in [-0.15, -0.1) is 0 Å². The summed E-state index contributed by atoms with van der Waals surface area (Å²) in [4.78, 5) is 11.4. The van der Waals surface area contributed by atoms with Gasteiger partial charge < -0.3 is 5.11 Å². The van der Waals surface area contributed by atoms with E-state index in [9.17, 15) is 31.1 Å². The Labute approximate surface area is 122 Å². The molecule has 0 bridgehead atoms. The van der Waals surface area contributed by atoms with Crippen molar-refractivity contribution in [2.45, 2.75) is 43.8 Å². The summed E-state index contributed by atoms with van der Waals surface area (Å²) in [5, 5.41) is 8.90. The van der Waals surface area contributed by atoms with E-state index >= 15 is 0 Å². The molecule has 1 heterocycles. The minimum Gasteiger partial charge on any atom is -0.373 e. The molecule has 1 aromatic rings. The maximum atomic E-state index is 12.4. The SMILES string of the molecule is O=C(CCC[n+]1ccccc1)CC(O)(C(F)(F)F)C(F)(F)F. The Morgan fingerprint density at radius 2 is 1.45 bits per heavy atom. The molecular formula is C13H14F6NO2+. The lowest BCUT2D eigenvalue weighted by Gasteiger charge is -2.31. The molecule has 0 saturated carbocycles. The largest absolute Gasteiger partial charge is 0.426 e. The molecule has 1 rings (SSSR count). The maximum Gasteiger partial charge on any atom is 0.426 e. The van der Waals surface area contributed by atoms with Gasteiger partial charge in [-0.1, -0.05) is 6.07 Å². The topological polar surface area (TPSA) is 41.2 Å². The Morgan fingerprint density at radius 1 is 0.955 bits per heavy atom. The highest BCUT2D eigenvalue weighted by Crippen LogP contribution is 2.45. The van der Waals surface area contributed by atoms with Gasteiger partial charge in [0.25, 0.3) is 5.60 Å². The Bertz CT molecular complexity index is 483. The zero-order valence-electron chi connectivity index (χ0n) is 11.3. The number of rotatable bonds is 6.